The van der Waals surface area contributed by atoms with Crippen molar-refractivity contribution in [3.05, 3.63) is 58.1 Å². The molecule has 8 heteroatoms. The van der Waals surface area contributed by atoms with Crippen molar-refractivity contribution in [3.8, 4) is 0 Å². The summed E-state index contributed by atoms with van der Waals surface area (Å²) in [5.74, 6) is 0. The average molecular weight is 479 g/mol. The van der Waals surface area contributed by atoms with Gasteiger partial charge in [-0.15, -0.1) is 0 Å². The number of unbranched alkanes of at least 4 members (excludes halogenated alkanes) is 1. The van der Waals surface area contributed by atoms with E-state index in [9.17, 15) is 16.8 Å². The zero-order chi connectivity index (χ0) is 23.7. The topological polar surface area (TPSA) is 74.8 Å². The molecule has 6 nitrogen and oxygen atoms in total. The number of piperazine rings is 1. The van der Waals surface area contributed by atoms with Crippen molar-refractivity contribution in [2.24, 2.45) is 0 Å². The molecule has 0 atom stereocenters. The fourth-order valence-corrected chi connectivity index (χ4v) is 7.63. The molecule has 0 aliphatic carbocycles. The number of benzene rings is 2. The number of hydrogen-bond donors (Lipinski definition) is 0. The largest absolute Gasteiger partial charge is 0.243 e. The van der Waals surface area contributed by atoms with E-state index >= 15 is 0 Å². The maximum atomic E-state index is 13.4. The minimum absolute atomic E-state index is 0.141. The Morgan fingerprint density at radius 1 is 0.750 bits per heavy atom. The zero-order valence-electron chi connectivity index (χ0n) is 19.7. The smallest absolute Gasteiger partial charge is 0.207 e. The first-order chi connectivity index (χ1) is 15.0. The molecule has 0 radical (unpaired) electrons. The Bertz CT molecular complexity index is 1150. The summed E-state index contributed by atoms with van der Waals surface area (Å²) in [5, 5.41) is 0. The molecule has 0 unspecified atom stereocenters. The number of rotatable bonds is 7. The molecular weight excluding hydrogens is 444 g/mol. The van der Waals surface area contributed by atoms with Crippen LogP contribution in [0.15, 0.2) is 40.1 Å². The van der Waals surface area contributed by atoms with E-state index in [1.165, 1.54) is 8.61 Å². The first-order valence-electron chi connectivity index (χ1n) is 11.2. The maximum Gasteiger partial charge on any atom is 0.243 e. The van der Waals surface area contributed by atoms with Crippen LogP contribution in [-0.4, -0.2) is 51.6 Å². The van der Waals surface area contributed by atoms with Crippen LogP contribution in [0, 0.1) is 27.7 Å². The van der Waals surface area contributed by atoms with E-state index in [0.29, 0.717) is 4.90 Å². The van der Waals surface area contributed by atoms with E-state index in [1.807, 2.05) is 45.9 Å². The van der Waals surface area contributed by atoms with Crippen LogP contribution in [0.1, 0.15) is 47.6 Å². The molecule has 0 spiro atoms. The lowest BCUT2D eigenvalue weighted by atomic mass is 10.0. The van der Waals surface area contributed by atoms with Crippen molar-refractivity contribution in [2.75, 3.05) is 26.2 Å². The minimum atomic E-state index is -3.70. The van der Waals surface area contributed by atoms with Crippen LogP contribution in [-0.2, 0) is 26.5 Å². The molecule has 3 rings (SSSR count). The van der Waals surface area contributed by atoms with Crippen LogP contribution < -0.4 is 0 Å². The Hall–Kier alpha value is -1.74. The average Bonchev–Trinajstić information content (AvgIpc) is 2.76. The first-order valence-corrected chi connectivity index (χ1v) is 14.0. The summed E-state index contributed by atoms with van der Waals surface area (Å²) in [4.78, 5) is 0.615. The van der Waals surface area contributed by atoms with Crippen LogP contribution in [0.25, 0.3) is 0 Å². The molecule has 1 aliphatic rings. The van der Waals surface area contributed by atoms with Gasteiger partial charge in [0.15, 0.2) is 0 Å². The number of sulfonamides is 2. The zero-order valence-corrected chi connectivity index (χ0v) is 21.3. The van der Waals surface area contributed by atoms with Gasteiger partial charge in [-0.3, -0.25) is 0 Å². The lowest BCUT2D eigenvalue weighted by Crippen LogP contribution is -2.50. The van der Waals surface area contributed by atoms with Crippen molar-refractivity contribution in [1.82, 2.24) is 8.61 Å². The molecule has 1 heterocycles. The van der Waals surface area contributed by atoms with Crippen LogP contribution in [0.2, 0.25) is 0 Å². The second-order valence-corrected chi connectivity index (χ2v) is 12.5. The van der Waals surface area contributed by atoms with Gasteiger partial charge < -0.3 is 0 Å². The highest BCUT2D eigenvalue weighted by Gasteiger charge is 2.35. The number of hydrogen-bond acceptors (Lipinski definition) is 4. The van der Waals surface area contributed by atoms with Gasteiger partial charge in [0, 0.05) is 26.2 Å². The lowest BCUT2D eigenvalue weighted by molar-refractivity contribution is 0.272. The molecule has 2 aromatic rings. The van der Waals surface area contributed by atoms with Gasteiger partial charge in [-0.05, 0) is 80.5 Å². The van der Waals surface area contributed by atoms with Crippen LogP contribution in [0.3, 0.4) is 0 Å². The summed E-state index contributed by atoms with van der Waals surface area (Å²) in [6.45, 7) is 10.2. The SMILES string of the molecule is CCCCc1ccc(S(=O)(=O)N2CCN(S(=O)(=O)c3c(C)c(C)cc(C)c3C)CC2)cc1. The van der Waals surface area contributed by atoms with Crippen molar-refractivity contribution in [3.63, 3.8) is 0 Å². The fourth-order valence-electron chi connectivity index (χ4n) is 4.21. The Labute approximate surface area is 193 Å². The molecule has 1 saturated heterocycles. The highest BCUT2D eigenvalue weighted by molar-refractivity contribution is 7.89. The quantitative estimate of drug-likeness (QED) is 0.604. The van der Waals surface area contributed by atoms with E-state index in [-0.39, 0.29) is 31.1 Å². The molecule has 0 bridgehead atoms. The van der Waals surface area contributed by atoms with Gasteiger partial charge in [-0.2, -0.15) is 8.61 Å². The molecule has 1 aliphatic heterocycles. The minimum Gasteiger partial charge on any atom is -0.207 e. The standard InChI is InChI=1S/C24H34N2O4S2/c1-6-7-8-22-9-11-23(12-10-22)31(27,28)25-13-15-26(16-14-25)32(29,30)24-20(4)18(2)17-19(3)21(24)5/h9-12,17H,6-8,13-16H2,1-5H3. The third-order valence-electron chi connectivity index (χ3n) is 6.47. The summed E-state index contributed by atoms with van der Waals surface area (Å²) in [5.41, 5.74) is 4.52. The van der Waals surface area contributed by atoms with Crippen LogP contribution in [0.4, 0.5) is 0 Å². The van der Waals surface area contributed by atoms with Gasteiger partial charge in [0.25, 0.3) is 0 Å². The number of nitrogens with zero attached hydrogens (tertiary/aromatic N) is 2. The van der Waals surface area contributed by atoms with Gasteiger partial charge in [-0.1, -0.05) is 31.5 Å². The van der Waals surface area contributed by atoms with E-state index in [1.54, 1.807) is 12.1 Å². The fraction of sp³-hybridized carbons (Fsp3) is 0.500. The van der Waals surface area contributed by atoms with Crippen molar-refractivity contribution in [1.29, 1.82) is 0 Å². The van der Waals surface area contributed by atoms with Gasteiger partial charge in [-0.25, -0.2) is 16.8 Å². The molecule has 0 saturated carbocycles. The Morgan fingerprint density at radius 3 is 1.69 bits per heavy atom. The van der Waals surface area contributed by atoms with E-state index in [4.69, 9.17) is 0 Å². The molecule has 32 heavy (non-hydrogen) atoms. The normalized spacial score (nSPS) is 16.4. The summed E-state index contributed by atoms with van der Waals surface area (Å²) in [7, 11) is -7.36. The van der Waals surface area contributed by atoms with Crippen molar-refractivity contribution < 1.29 is 16.8 Å². The second kappa shape index (κ2) is 9.63. The van der Waals surface area contributed by atoms with Crippen molar-refractivity contribution in [2.45, 2.75) is 63.7 Å². The van der Waals surface area contributed by atoms with Crippen LogP contribution >= 0.6 is 0 Å². The molecule has 176 valence electrons. The third kappa shape index (κ3) is 4.78. The molecular formula is C24H34N2O4S2. The predicted molar refractivity (Wildman–Crippen MR) is 128 cm³/mol. The molecule has 2 aromatic carbocycles. The summed E-state index contributed by atoms with van der Waals surface area (Å²) >= 11 is 0. The highest BCUT2D eigenvalue weighted by atomic mass is 32.2. The van der Waals surface area contributed by atoms with Crippen molar-refractivity contribution >= 4 is 20.0 Å². The summed E-state index contributed by atoms with van der Waals surface area (Å²) < 4.78 is 55.9. The lowest BCUT2D eigenvalue weighted by Gasteiger charge is -2.34. The second-order valence-electron chi connectivity index (χ2n) is 8.65. The van der Waals surface area contributed by atoms with Gasteiger partial charge in [0.1, 0.15) is 0 Å². The van der Waals surface area contributed by atoms with E-state index < -0.39 is 20.0 Å². The first kappa shape index (κ1) is 24.9. The predicted octanol–water partition coefficient (Wildman–Crippen LogP) is 3.96. The highest BCUT2D eigenvalue weighted by Crippen LogP contribution is 2.30. The van der Waals surface area contributed by atoms with E-state index in [0.717, 1.165) is 47.1 Å². The Morgan fingerprint density at radius 2 is 1.22 bits per heavy atom. The van der Waals surface area contributed by atoms with Gasteiger partial charge in [0.2, 0.25) is 20.0 Å². The molecule has 1 fully saturated rings. The molecule has 0 N–H and O–H groups in total. The van der Waals surface area contributed by atoms with E-state index in [2.05, 4.69) is 6.92 Å². The van der Waals surface area contributed by atoms with Gasteiger partial charge in [0.05, 0.1) is 9.79 Å². The maximum absolute atomic E-state index is 13.4. The molecule has 0 aromatic heterocycles. The summed E-state index contributed by atoms with van der Waals surface area (Å²) in [6, 6.07) is 9.06. The number of aryl methyl sites for hydroxylation is 3. The van der Waals surface area contributed by atoms with Crippen LogP contribution in [0.5, 0.6) is 0 Å². The third-order valence-corrected chi connectivity index (χ3v) is 10.6. The van der Waals surface area contributed by atoms with Gasteiger partial charge >= 0.3 is 0 Å². The molecule has 0 amide bonds. The monoisotopic (exact) mass is 478 g/mol. The Kier molecular flexibility index (Phi) is 7.49. The Balaban J connectivity index is 1.77. The summed E-state index contributed by atoms with van der Waals surface area (Å²) in [6.07, 6.45) is 3.10.